The largest absolute Gasteiger partial charge is 0.481 e. The predicted octanol–water partition coefficient (Wildman–Crippen LogP) is 2.43. The van der Waals surface area contributed by atoms with Crippen LogP contribution in [-0.4, -0.2) is 44.6 Å². The van der Waals surface area contributed by atoms with E-state index in [0.717, 1.165) is 12.8 Å². The van der Waals surface area contributed by atoms with Crippen molar-refractivity contribution in [3.8, 4) is 0 Å². The monoisotopic (exact) mass is 402 g/mol. The third-order valence-corrected chi connectivity index (χ3v) is 8.75. The van der Waals surface area contributed by atoms with Gasteiger partial charge in [-0.25, -0.2) is 0 Å². The second-order valence-corrected chi connectivity index (χ2v) is 9.93. The Labute approximate surface area is 170 Å². The summed E-state index contributed by atoms with van der Waals surface area (Å²) in [5.74, 6) is -1.10. The van der Waals surface area contributed by atoms with Gasteiger partial charge in [0.1, 0.15) is 11.7 Å². The van der Waals surface area contributed by atoms with Gasteiger partial charge in [-0.3, -0.25) is 14.4 Å². The fourth-order valence-corrected chi connectivity index (χ4v) is 7.06. The molecule has 2 saturated carbocycles. The lowest BCUT2D eigenvalue weighted by Crippen LogP contribution is -2.59. The highest BCUT2D eigenvalue weighted by Gasteiger charge is 2.66. The molecule has 7 atom stereocenters. The summed E-state index contributed by atoms with van der Waals surface area (Å²) < 4.78 is 0. The van der Waals surface area contributed by atoms with Crippen molar-refractivity contribution >= 4 is 17.5 Å². The fraction of sp³-hybridized carbons (Fsp3) is 0.696. The van der Waals surface area contributed by atoms with E-state index in [1.807, 2.05) is 13.0 Å². The van der Waals surface area contributed by atoms with Gasteiger partial charge in [-0.2, -0.15) is 0 Å². The number of rotatable bonds is 4. The molecule has 6 nitrogen and oxygen atoms in total. The Morgan fingerprint density at radius 2 is 1.90 bits per heavy atom. The van der Waals surface area contributed by atoms with E-state index in [4.69, 9.17) is 5.11 Å². The van der Waals surface area contributed by atoms with Gasteiger partial charge in [0.25, 0.3) is 0 Å². The van der Waals surface area contributed by atoms with Crippen LogP contribution in [0.2, 0.25) is 0 Å². The summed E-state index contributed by atoms with van der Waals surface area (Å²) in [6.07, 6.45) is 7.28. The van der Waals surface area contributed by atoms with Crippen molar-refractivity contribution in [2.75, 3.05) is 0 Å². The van der Waals surface area contributed by atoms with Crippen LogP contribution in [0, 0.1) is 28.6 Å². The molecule has 0 aromatic rings. The second-order valence-electron chi connectivity index (χ2n) is 9.93. The number of carbonyl (C=O) groups excluding carboxylic acids is 2. The van der Waals surface area contributed by atoms with Gasteiger partial charge in [-0.1, -0.05) is 31.6 Å². The smallest absolute Gasteiger partial charge is 0.306 e. The van der Waals surface area contributed by atoms with E-state index in [-0.39, 0.29) is 23.5 Å². The van der Waals surface area contributed by atoms with Gasteiger partial charge in [-0.15, -0.1) is 0 Å². The Hall–Kier alpha value is -1.79. The van der Waals surface area contributed by atoms with Crippen molar-refractivity contribution in [3.63, 3.8) is 0 Å². The highest BCUT2D eigenvalue weighted by molar-refractivity contribution is 5.95. The number of ketones is 2. The third kappa shape index (κ3) is 2.79. The number of hydrogen-bond donors (Lipinski definition) is 3. The molecular formula is C23H30O6. The van der Waals surface area contributed by atoms with E-state index in [0.29, 0.717) is 31.1 Å². The zero-order valence-electron chi connectivity index (χ0n) is 17.1. The minimum Gasteiger partial charge on any atom is -0.481 e. The van der Waals surface area contributed by atoms with Gasteiger partial charge in [0.2, 0.25) is 0 Å². The molecule has 4 aliphatic rings. The van der Waals surface area contributed by atoms with Crippen LogP contribution in [0.25, 0.3) is 0 Å². The van der Waals surface area contributed by atoms with Crippen LogP contribution in [-0.2, 0) is 14.4 Å². The van der Waals surface area contributed by atoms with Gasteiger partial charge < -0.3 is 15.3 Å². The lowest BCUT2D eigenvalue weighted by atomic mass is 9.47. The maximum absolute atomic E-state index is 12.9. The molecule has 0 amide bonds. The van der Waals surface area contributed by atoms with Crippen molar-refractivity contribution in [2.45, 2.75) is 70.5 Å². The van der Waals surface area contributed by atoms with Crippen molar-refractivity contribution in [1.82, 2.24) is 0 Å². The molecule has 2 fully saturated rings. The number of aliphatic hydroxyl groups is 2. The number of fused-ring (bicyclic) bond motifs is 5. The number of hydrogen-bond acceptors (Lipinski definition) is 5. The zero-order valence-corrected chi connectivity index (χ0v) is 17.1. The number of aliphatic carboxylic acids is 1. The van der Waals surface area contributed by atoms with E-state index in [1.54, 1.807) is 6.08 Å². The second kappa shape index (κ2) is 6.61. The van der Waals surface area contributed by atoms with Crippen LogP contribution in [0.5, 0.6) is 0 Å². The molecule has 4 aliphatic carbocycles. The Morgan fingerprint density at radius 3 is 2.59 bits per heavy atom. The number of Topliss-reactive ketones (excluding diaryl/α,β-unsaturated/α-hetero) is 1. The fourth-order valence-electron chi connectivity index (χ4n) is 7.06. The summed E-state index contributed by atoms with van der Waals surface area (Å²) in [6, 6.07) is 0. The molecule has 0 heterocycles. The molecule has 1 unspecified atom stereocenters. The zero-order chi connectivity index (χ0) is 21.2. The standard InChI is InChI=1S/C23H30O6/c1-21-8-5-14(24)11-13(21)3-4-15-16(21)6-9-22(2)17(15)7-10-23(22,29)20(28)18(25)12-19(26)27/h3,5,8,15-18,25,29H,4,6-7,9-12H2,1-2H3,(H,26,27)/t15-,16+,17+,18?,21+,22+,23+/m1/s1. The van der Waals surface area contributed by atoms with Crippen LogP contribution in [0.4, 0.5) is 0 Å². The van der Waals surface area contributed by atoms with Crippen LogP contribution < -0.4 is 0 Å². The molecule has 0 aromatic carbocycles. The van der Waals surface area contributed by atoms with Crippen LogP contribution >= 0.6 is 0 Å². The maximum atomic E-state index is 12.9. The summed E-state index contributed by atoms with van der Waals surface area (Å²) >= 11 is 0. The Kier molecular flexibility index (Phi) is 4.67. The van der Waals surface area contributed by atoms with Crippen molar-refractivity contribution in [2.24, 2.45) is 28.6 Å². The topological polar surface area (TPSA) is 112 Å². The molecular weight excluding hydrogens is 372 g/mol. The van der Waals surface area contributed by atoms with Gasteiger partial charge in [0.05, 0.1) is 6.42 Å². The van der Waals surface area contributed by atoms with Gasteiger partial charge in [-0.05, 0) is 55.9 Å². The average molecular weight is 402 g/mol. The number of carboxylic acids is 1. The molecule has 3 N–H and O–H groups in total. The minimum absolute atomic E-state index is 0.118. The molecule has 0 aromatic heterocycles. The van der Waals surface area contributed by atoms with Crippen molar-refractivity contribution in [3.05, 3.63) is 23.8 Å². The molecule has 0 saturated heterocycles. The molecule has 0 spiro atoms. The number of allylic oxidation sites excluding steroid dienone is 4. The molecule has 6 heteroatoms. The Morgan fingerprint density at radius 1 is 1.21 bits per heavy atom. The molecule has 4 rings (SSSR count). The van der Waals surface area contributed by atoms with Crippen molar-refractivity contribution in [1.29, 1.82) is 0 Å². The van der Waals surface area contributed by atoms with E-state index in [2.05, 4.69) is 13.0 Å². The van der Waals surface area contributed by atoms with E-state index >= 15 is 0 Å². The first-order chi connectivity index (χ1) is 13.5. The minimum atomic E-state index is -1.69. The SMILES string of the molecule is C[C@]12C=CC(=O)CC1=CC[C@@H]1[C@@H]2CC[C@@]2(C)[C@H]1CC[C@]2(O)C(=O)C(O)CC(=O)O. The van der Waals surface area contributed by atoms with E-state index < -0.39 is 35.3 Å². The van der Waals surface area contributed by atoms with Crippen molar-refractivity contribution < 1.29 is 29.7 Å². The Bertz CT molecular complexity index is 827. The molecule has 158 valence electrons. The summed E-state index contributed by atoms with van der Waals surface area (Å²) in [5, 5.41) is 30.5. The summed E-state index contributed by atoms with van der Waals surface area (Å²) in [6.45, 7) is 4.14. The molecule has 0 radical (unpaired) electrons. The summed E-state index contributed by atoms with van der Waals surface area (Å²) in [7, 11) is 0. The van der Waals surface area contributed by atoms with E-state index in [9.17, 15) is 24.6 Å². The van der Waals surface area contributed by atoms with Crippen LogP contribution in [0.3, 0.4) is 0 Å². The van der Waals surface area contributed by atoms with Gasteiger partial charge in [0.15, 0.2) is 11.6 Å². The van der Waals surface area contributed by atoms with Crippen LogP contribution in [0.1, 0.15) is 58.8 Å². The molecule has 29 heavy (non-hydrogen) atoms. The summed E-state index contributed by atoms with van der Waals surface area (Å²) in [5.41, 5.74) is -1.34. The molecule has 0 aliphatic heterocycles. The first-order valence-electron chi connectivity index (χ1n) is 10.6. The first-order valence-corrected chi connectivity index (χ1v) is 10.6. The van der Waals surface area contributed by atoms with E-state index in [1.165, 1.54) is 5.57 Å². The number of aliphatic hydroxyl groups excluding tert-OH is 1. The first kappa shape index (κ1) is 20.5. The Balaban J connectivity index is 1.64. The molecule has 0 bridgehead atoms. The summed E-state index contributed by atoms with van der Waals surface area (Å²) in [4.78, 5) is 35.8. The quantitative estimate of drug-likeness (QED) is 0.623. The van der Waals surface area contributed by atoms with Gasteiger partial charge in [0, 0.05) is 17.3 Å². The maximum Gasteiger partial charge on any atom is 0.306 e. The number of carboxylic acid groups (broad SMARTS) is 1. The highest BCUT2D eigenvalue weighted by atomic mass is 16.4. The highest BCUT2D eigenvalue weighted by Crippen LogP contribution is 2.66. The average Bonchev–Trinajstić information content (AvgIpc) is 2.93. The predicted molar refractivity (Wildman–Crippen MR) is 105 cm³/mol. The number of carbonyl (C=O) groups is 3. The third-order valence-electron chi connectivity index (χ3n) is 8.75. The normalized spacial score (nSPS) is 44.3. The van der Waals surface area contributed by atoms with Crippen LogP contribution in [0.15, 0.2) is 23.8 Å². The lowest BCUT2D eigenvalue weighted by Gasteiger charge is -2.57. The van der Waals surface area contributed by atoms with Gasteiger partial charge >= 0.3 is 5.97 Å². The lowest BCUT2D eigenvalue weighted by molar-refractivity contribution is -0.170.